The van der Waals surface area contributed by atoms with E-state index in [1.165, 1.54) is 93.5 Å². The summed E-state index contributed by atoms with van der Waals surface area (Å²) in [4.78, 5) is 2.49. The second kappa shape index (κ2) is 13.0. The highest BCUT2D eigenvalue weighted by Gasteiger charge is 2.47. The summed E-state index contributed by atoms with van der Waals surface area (Å²) in [5, 5.41) is 0. The average molecular weight is 644 g/mol. The zero-order chi connectivity index (χ0) is 33.3. The molecular formula is C49H41N. The molecule has 0 spiro atoms. The van der Waals surface area contributed by atoms with Crippen LogP contribution in [-0.2, 0) is 5.41 Å². The van der Waals surface area contributed by atoms with Gasteiger partial charge in [0.25, 0.3) is 0 Å². The van der Waals surface area contributed by atoms with Gasteiger partial charge in [0.1, 0.15) is 0 Å². The van der Waals surface area contributed by atoms with Crippen molar-refractivity contribution in [3.63, 3.8) is 0 Å². The molecule has 50 heavy (non-hydrogen) atoms. The Labute approximate surface area is 296 Å². The summed E-state index contributed by atoms with van der Waals surface area (Å²) in [7, 11) is 0. The highest BCUT2D eigenvalue weighted by atomic mass is 15.1. The van der Waals surface area contributed by atoms with Crippen molar-refractivity contribution in [1.29, 1.82) is 0 Å². The third-order valence-corrected chi connectivity index (χ3v) is 11.2. The third-order valence-electron chi connectivity index (χ3n) is 11.2. The van der Waals surface area contributed by atoms with Gasteiger partial charge in [-0.1, -0.05) is 171 Å². The molecule has 0 amide bonds. The first kappa shape index (κ1) is 30.4. The molecular weight excluding hydrogens is 603 g/mol. The molecule has 9 rings (SSSR count). The van der Waals surface area contributed by atoms with Gasteiger partial charge in [0.2, 0.25) is 0 Å². The number of anilines is 3. The molecule has 0 bridgehead atoms. The van der Waals surface area contributed by atoms with E-state index in [1.54, 1.807) is 0 Å². The number of nitrogens with zero attached hydrogens (tertiary/aromatic N) is 1. The fourth-order valence-electron chi connectivity index (χ4n) is 8.85. The van der Waals surface area contributed by atoms with Gasteiger partial charge in [-0.2, -0.15) is 0 Å². The molecule has 1 fully saturated rings. The maximum atomic E-state index is 2.49. The topological polar surface area (TPSA) is 3.24 Å². The Hall–Kier alpha value is -5.66. The van der Waals surface area contributed by atoms with Crippen molar-refractivity contribution < 1.29 is 0 Å². The first-order valence-corrected chi connectivity index (χ1v) is 18.2. The molecule has 2 aliphatic carbocycles. The van der Waals surface area contributed by atoms with Crippen LogP contribution < -0.4 is 4.90 Å². The smallest absolute Gasteiger partial charge is 0.0714 e. The van der Waals surface area contributed by atoms with E-state index >= 15 is 0 Å². The van der Waals surface area contributed by atoms with Gasteiger partial charge in [0.15, 0.2) is 0 Å². The van der Waals surface area contributed by atoms with E-state index in [0.717, 1.165) is 5.69 Å². The molecule has 2 aliphatic rings. The SMILES string of the molecule is c1ccc(-c2ccc(N(c3ccc(C4CCCCC4)cc3)c3cccc4c3-c3ccccc3C4(c3ccccc3)c3ccccc3)cc2)cc1. The Morgan fingerprint density at radius 3 is 1.58 bits per heavy atom. The number of rotatable bonds is 7. The largest absolute Gasteiger partial charge is 0.310 e. The zero-order valence-corrected chi connectivity index (χ0v) is 28.4. The first-order valence-electron chi connectivity index (χ1n) is 18.2. The van der Waals surface area contributed by atoms with Gasteiger partial charge in [-0.3, -0.25) is 0 Å². The van der Waals surface area contributed by atoms with Crippen molar-refractivity contribution in [2.45, 2.75) is 43.4 Å². The van der Waals surface area contributed by atoms with Gasteiger partial charge in [-0.05, 0) is 93.6 Å². The van der Waals surface area contributed by atoms with Gasteiger partial charge >= 0.3 is 0 Å². The lowest BCUT2D eigenvalue weighted by molar-refractivity contribution is 0.443. The van der Waals surface area contributed by atoms with Crippen LogP contribution in [0.5, 0.6) is 0 Å². The molecule has 0 N–H and O–H groups in total. The number of benzene rings is 7. The minimum absolute atomic E-state index is 0.446. The lowest BCUT2D eigenvalue weighted by atomic mass is 9.68. The molecule has 1 nitrogen and oxygen atoms in total. The standard InChI is InChI=1S/C49H41N/c1-5-16-36(17-6-1)38-28-32-42(33-29-38)50(43-34-30-39(31-35-43)37-18-7-2-8-19-37)47-27-15-26-46-48(47)44-24-13-14-25-45(44)49(46,40-20-9-3-10-21-40)41-22-11-4-12-23-41/h1,3-6,9-17,20-35,37H,2,7-8,18-19H2. The summed E-state index contributed by atoms with van der Waals surface area (Å²) >= 11 is 0. The molecule has 0 unspecified atom stereocenters. The van der Waals surface area contributed by atoms with Crippen molar-refractivity contribution in [2.75, 3.05) is 4.90 Å². The van der Waals surface area contributed by atoms with Crippen LogP contribution in [0.2, 0.25) is 0 Å². The summed E-state index contributed by atoms with van der Waals surface area (Å²) in [6.07, 6.45) is 6.65. The monoisotopic (exact) mass is 643 g/mol. The van der Waals surface area contributed by atoms with Crippen molar-refractivity contribution in [3.8, 4) is 22.3 Å². The molecule has 0 aliphatic heterocycles. The molecule has 0 saturated heterocycles. The van der Waals surface area contributed by atoms with Crippen LogP contribution in [0, 0.1) is 0 Å². The molecule has 242 valence electrons. The first-order chi connectivity index (χ1) is 24.8. The molecule has 0 radical (unpaired) electrons. The van der Waals surface area contributed by atoms with Crippen LogP contribution in [0.3, 0.4) is 0 Å². The molecule has 1 heteroatoms. The molecule has 7 aromatic rings. The summed E-state index contributed by atoms with van der Waals surface area (Å²) in [6, 6.07) is 67.5. The molecule has 7 aromatic carbocycles. The second-order valence-electron chi connectivity index (χ2n) is 13.9. The number of hydrogen-bond acceptors (Lipinski definition) is 1. The average Bonchev–Trinajstić information content (AvgIpc) is 3.52. The minimum Gasteiger partial charge on any atom is -0.310 e. The summed E-state index contributed by atoms with van der Waals surface area (Å²) < 4.78 is 0. The van der Waals surface area contributed by atoms with Crippen molar-refractivity contribution in [3.05, 3.63) is 210 Å². The Bertz CT molecular complexity index is 2170. The normalized spacial score (nSPS) is 14.9. The van der Waals surface area contributed by atoms with E-state index in [0.29, 0.717) is 5.92 Å². The van der Waals surface area contributed by atoms with E-state index in [2.05, 4.69) is 187 Å². The summed E-state index contributed by atoms with van der Waals surface area (Å²) in [5.74, 6) is 0.668. The predicted octanol–water partition coefficient (Wildman–Crippen LogP) is 13.2. The predicted molar refractivity (Wildman–Crippen MR) is 210 cm³/mol. The van der Waals surface area contributed by atoms with Crippen molar-refractivity contribution in [1.82, 2.24) is 0 Å². The third kappa shape index (κ3) is 5.08. The molecule has 1 saturated carbocycles. The maximum absolute atomic E-state index is 2.49. The van der Waals surface area contributed by atoms with E-state index in [4.69, 9.17) is 0 Å². The highest BCUT2D eigenvalue weighted by Crippen LogP contribution is 2.59. The molecule has 0 heterocycles. The van der Waals surface area contributed by atoms with Crippen LogP contribution in [0.25, 0.3) is 22.3 Å². The Morgan fingerprint density at radius 1 is 0.420 bits per heavy atom. The Kier molecular flexibility index (Phi) is 7.90. The number of hydrogen-bond donors (Lipinski definition) is 0. The summed E-state index contributed by atoms with van der Waals surface area (Å²) in [6.45, 7) is 0. The maximum Gasteiger partial charge on any atom is 0.0714 e. The van der Waals surface area contributed by atoms with Crippen LogP contribution in [0.1, 0.15) is 65.8 Å². The van der Waals surface area contributed by atoms with Gasteiger partial charge in [0.05, 0.1) is 11.1 Å². The van der Waals surface area contributed by atoms with Crippen LogP contribution in [0.4, 0.5) is 17.1 Å². The van der Waals surface area contributed by atoms with Crippen molar-refractivity contribution in [2.24, 2.45) is 0 Å². The van der Waals surface area contributed by atoms with Gasteiger partial charge < -0.3 is 4.90 Å². The quantitative estimate of drug-likeness (QED) is 0.167. The molecule has 0 aromatic heterocycles. The van der Waals surface area contributed by atoms with Gasteiger partial charge in [-0.15, -0.1) is 0 Å². The van der Waals surface area contributed by atoms with Gasteiger partial charge in [0, 0.05) is 16.9 Å². The minimum atomic E-state index is -0.446. The van der Waals surface area contributed by atoms with Gasteiger partial charge in [-0.25, -0.2) is 0 Å². The molecule has 0 atom stereocenters. The number of fused-ring (bicyclic) bond motifs is 3. The lowest BCUT2D eigenvalue weighted by Crippen LogP contribution is -2.28. The van der Waals surface area contributed by atoms with E-state index in [1.807, 2.05) is 0 Å². The lowest BCUT2D eigenvalue weighted by Gasteiger charge is -2.34. The highest BCUT2D eigenvalue weighted by molar-refractivity contribution is 5.97. The van der Waals surface area contributed by atoms with Crippen LogP contribution in [0.15, 0.2) is 182 Å². The second-order valence-corrected chi connectivity index (χ2v) is 13.9. The summed E-state index contributed by atoms with van der Waals surface area (Å²) in [5.41, 5.74) is 14.8. The Morgan fingerprint density at radius 2 is 0.940 bits per heavy atom. The Balaban J connectivity index is 1.27. The van der Waals surface area contributed by atoms with Crippen molar-refractivity contribution >= 4 is 17.1 Å². The fraction of sp³-hybridized carbons (Fsp3) is 0.143. The van der Waals surface area contributed by atoms with E-state index in [9.17, 15) is 0 Å². The van der Waals surface area contributed by atoms with Crippen LogP contribution in [-0.4, -0.2) is 0 Å². The van der Waals surface area contributed by atoms with E-state index in [-0.39, 0.29) is 0 Å². The van der Waals surface area contributed by atoms with E-state index < -0.39 is 5.41 Å². The van der Waals surface area contributed by atoms with Crippen LogP contribution >= 0.6 is 0 Å². The fourth-order valence-corrected chi connectivity index (χ4v) is 8.85. The zero-order valence-electron chi connectivity index (χ0n) is 28.4.